The molecule has 4 rings (SSSR count). The van der Waals surface area contributed by atoms with Crippen LogP contribution in [0.3, 0.4) is 0 Å². The lowest BCUT2D eigenvalue weighted by atomic mass is 10.1. The molecule has 0 bridgehead atoms. The van der Waals surface area contributed by atoms with Gasteiger partial charge < -0.3 is 14.5 Å². The van der Waals surface area contributed by atoms with Crippen molar-refractivity contribution in [3.8, 4) is 0 Å². The van der Waals surface area contributed by atoms with Crippen LogP contribution in [0.1, 0.15) is 26.5 Å². The van der Waals surface area contributed by atoms with Crippen molar-refractivity contribution < 1.29 is 23.1 Å². The third-order valence-corrected chi connectivity index (χ3v) is 4.03. The predicted octanol–water partition coefficient (Wildman–Crippen LogP) is 2.33. The molecular formula is C18H13FN4O4. The van der Waals surface area contributed by atoms with Crippen molar-refractivity contribution in [2.45, 2.75) is 6.54 Å². The first-order valence-corrected chi connectivity index (χ1v) is 7.94. The molecule has 0 aliphatic rings. The van der Waals surface area contributed by atoms with Crippen molar-refractivity contribution in [1.82, 2.24) is 19.9 Å². The molecule has 0 saturated carbocycles. The van der Waals surface area contributed by atoms with E-state index >= 15 is 0 Å². The molecule has 0 unspecified atom stereocenters. The Bertz CT molecular complexity index is 1180. The van der Waals surface area contributed by atoms with E-state index in [0.29, 0.717) is 11.2 Å². The summed E-state index contributed by atoms with van der Waals surface area (Å²) in [6.45, 7) is -0.00224. The zero-order chi connectivity index (χ0) is 19.0. The quantitative estimate of drug-likeness (QED) is 0.555. The summed E-state index contributed by atoms with van der Waals surface area (Å²) < 4.78 is 25.7. The highest BCUT2D eigenvalue weighted by molar-refractivity contribution is 6.02. The number of nitrogens with zero attached hydrogens (tertiary/aromatic N) is 3. The predicted molar refractivity (Wildman–Crippen MR) is 91.7 cm³/mol. The van der Waals surface area contributed by atoms with Crippen LogP contribution in [0.5, 0.6) is 0 Å². The highest BCUT2D eigenvalue weighted by Gasteiger charge is 2.19. The van der Waals surface area contributed by atoms with Gasteiger partial charge in [-0.2, -0.15) is 5.10 Å². The van der Waals surface area contributed by atoms with Crippen molar-refractivity contribution in [2.24, 2.45) is 0 Å². The summed E-state index contributed by atoms with van der Waals surface area (Å²) in [6.07, 6.45) is 4.64. The van der Waals surface area contributed by atoms with Crippen LogP contribution in [-0.2, 0) is 11.3 Å². The number of fused-ring (bicyclic) bond motifs is 2. The smallest absolute Gasteiger partial charge is 0.341 e. The highest BCUT2D eigenvalue weighted by Crippen LogP contribution is 2.26. The van der Waals surface area contributed by atoms with Gasteiger partial charge >= 0.3 is 5.97 Å². The minimum absolute atomic E-state index is 0.00224. The standard InChI is InChI=1S/C18H13FN4O4/c1-26-18(25)11-3-4-14(19)12-7-10(27-15(11)12)8-21-17(24)13-9-22-23-6-2-5-20-16(13)23/h2-7,9H,8H2,1H3,(H,21,24). The van der Waals surface area contributed by atoms with Gasteiger partial charge in [0.2, 0.25) is 0 Å². The number of hydrogen-bond acceptors (Lipinski definition) is 6. The first kappa shape index (κ1) is 16.7. The number of benzene rings is 1. The molecule has 0 radical (unpaired) electrons. The summed E-state index contributed by atoms with van der Waals surface area (Å²) >= 11 is 0. The molecule has 27 heavy (non-hydrogen) atoms. The molecule has 3 heterocycles. The van der Waals surface area contributed by atoms with Gasteiger partial charge in [0, 0.05) is 12.4 Å². The van der Waals surface area contributed by atoms with E-state index in [1.165, 1.54) is 30.0 Å². The number of esters is 1. The summed E-state index contributed by atoms with van der Waals surface area (Å²) in [5.41, 5.74) is 0.897. The van der Waals surface area contributed by atoms with Crippen LogP contribution >= 0.6 is 0 Å². The molecule has 9 heteroatoms. The molecule has 0 saturated heterocycles. The van der Waals surface area contributed by atoms with Gasteiger partial charge in [-0.3, -0.25) is 4.79 Å². The van der Waals surface area contributed by atoms with E-state index in [1.807, 2.05) is 0 Å². The molecule has 1 aromatic carbocycles. The zero-order valence-electron chi connectivity index (χ0n) is 14.1. The molecule has 0 spiro atoms. The molecule has 0 aliphatic heterocycles. The van der Waals surface area contributed by atoms with E-state index < -0.39 is 17.7 Å². The number of amides is 1. The van der Waals surface area contributed by atoms with E-state index in [9.17, 15) is 14.0 Å². The third kappa shape index (κ3) is 2.88. The van der Waals surface area contributed by atoms with Crippen LogP contribution in [0, 0.1) is 5.82 Å². The van der Waals surface area contributed by atoms with Gasteiger partial charge in [0.1, 0.15) is 22.7 Å². The maximum absolute atomic E-state index is 14.0. The molecular weight excluding hydrogens is 355 g/mol. The van der Waals surface area contributed by atoms with Crippen molar-refractivity contribution >= 4 is 28.5 Å². The van der Waals surface area contributed by atoms with Gasteiger partial charge in [-0.1, -0.05) is 0 Å². The van der Waals surface area contributed by atoms with Crippen LogP contribution in [0.25, 0.3) is 16.6 Å². The van der Waals surface area contributed by atoms with E-state index in [1.54, 1.807) is 18.5 Å². The summed E-state index contributed by atoms with van der Waals surface area (Å²) in [6, 6.07) is 5.59. The van der Waals surface area contributed by atoms with Gasteiger partial charge in [-0.15, -0.1) is 0 Å². The molecule has 4 aromatic rings. The van der Waals surface area contributed by atoms with Crippen molar-refractivity contribution in [3.05, 3.63) is 65.6 Å². The number of carbonyl (C=O) groups excluding carboxylic acids is 2. The maximum Gasteiger partial charge on any atom is 0.341 e. The Morgan fingerprint density at radius 2 is 2.19 bits per heavy atom. The maximum atomic E-state index is 14.0. The molecule has 1 amide bonds. The van der Waals surface area contributed by atoms with E-state index in [2.05, 4.69) is 20.1 Å². The molecule has 1 N–H and O–H groups in total. The average Bonchev–Trinajstić information content (AvgIpc) is 3.31. The number of halogens is 1. The minimum atomic E-state index is -0.637. The molecule has 0 aliphatic carbocycles. The number of furan rings is 1. The Kier molecular flexibility index (Phi) is 4.03. The first-order valence-electron chi connectivity index (χ1n) is 7.94. The van der Waals surface area contributed by atoms with Crippen LogP contribution in [0.15, 0.2) is 47.3 Å². The first-order chi connectivity index (χ1) is 13.1. The Labute approximate surface area is 151 Å². The molecule has 0 atom stereocenters. The largest absolute Gasteiger partial charge is 0.465 e. The van der Waals surface area contributed by atoms with Gasteiger partial charge in [-0.25, -0.2) is 18.7 Å². The highest BCUT2D eigenvalue weighted by atomic mass is 19.1. The van der Waals surface area contributed by atoms with Gasteiger partial charge in [0.25, 0.3) is 5.91 Å². The molecule has 136 valence electrons. The number of aromatic nitrogens is 3. The molecule has 8 nitrogen and oxygen atoms in total. The van der Waals surface area contributed by atoms with Crippen LogP contribution in [0.2, 0.25) is 0 Å². The Morgan fingerprint density at radius 1 is 1.33 bits per heavy atom. The van der Waals surface area contributed by atoms with Crippen LogP contribution in [0.4, 0.5) is 4.39 Å². The molecule has 0 fully saturated rings. The number of ether oxygens (including phenoxy) is 1. The van der Waals surface area contributed by atoms with Crippen LogP contribution in [-0.4, -0.2) is 33.6 Å². The summed E-state index contributed by atoms with van der Waals surface area (Å²) in [7, 11) is 1.23. The lowest BCUT2D eigenvalue weighted by molar-refractivity contribution is 0.0601. The van der Waals surface area contributed by atoms with E-state index in [4.69, 9.17) is 4.42 Å². The summed E-state index contributed by atoms with van der Waals surface area (Å²) in [5.74, 6) is -1.29. The monoisotopic (exact) mass is 368 g/mol. The fraction of sp³-hybridized carbons (Fsp3) is 0.111. The van der Waals surface area contributed by atoms with Gasteiger partial charge in [0.15, 0.2) is 11.2 Å². The minimum Gasteiger partial charge on any atom is -0.465 e. The SMILES string of the molecule is COC(=O)c1ccc(F)c2cc(CNC(=O)c3cnn4cccnc34)oc12. The lowest BCUT2D eigenvalue weighted by Gasteiger charge is -2.02. The van der Waals surface area contributed by atoms with Crippen molar-refractivity contribution in [1.29, 1.82) is 0 Å². The fourth-order valence-corrected chi connectivity index (χ4v) is 2.75. The summed E-state index contributed by atoms with van der Waals surface area (Å²) in [4.78, 5) is 28.3. The van der Waals surface area contributed by atoms with Gasteiger partial charge in [0.05, 0.1) is 25.2 Å². The van der Waals surface area contributed by atoms with Gasteiger partial charge in [-0.05, 0) is 24.3 Å². The van der Waals surface area contributed by atoms with E-state index in [0.717, 1.165) is 6.07 Å². The van der Waals surface area contributed by atoms with Crippen molar-refractivity contribution in [3.63, 3.8) is 0 Å². The number of hydrogen-bond donors (Lipinski definition) is 1. The second-order valence-electron chi connectivity index (χ2n) is 5.67. The van der Waals surface area contributed by atoms with Crippen LogP contribution < -0.4 is 5.32 Å². The lowest BCUT2D eigenvalue weighted by Crippen LogP contribution is -2.22. The average molecular weight is 368 g/mol. The Morgan fingerprint density at radius 3 is 3.00 bits per heavy atom. The normalized spacial score (nSPS) is 11.0. The number of rotatable bonds is 4. The second kappa shape index (κ2) is 6.52. The Balaban J connectivity index is 1.59. The summed E-state index contributed by atoms with van der Waals surface area (Å²) in [5, 5.41) is 6.86. The number of carbonyl (C=O) groups is 2. The Hall–Kier alpha value is -3.75. The van der Waals surface area contributed by atoms with E-state index in [-0.39, 0.29) is 28.8 Å². The zero-order valence-corrected chi connectivity index (χ0v) is 14.1. The second-order valence-corrected chi connectivity index (χ2v) is 5.67. The number of nitrogens with one attached hydrogen (secondary N) is 1. The fourth-order valence-electron chi connectivity index (χ4n) is 2.75. The van der Waals surface area contributed by atoms with Crippen molar-refractivity contribution in [2.75, 3.05) is 7.11 Å². The number of methoxy groups -OCH3 is 1. The molecule has 3 aromatic heterocycles. The third-order valence-electron chi connectivity index (χ3n) is 4.03. The topological polar surface area (TPSA) is 98.7 Å².